The Morgan fingerprint density at radius 2 is 1.85 bits per heavy atom. The summed E-state index contributed by atoms with van der Waals surface area (Å²) in [4.78, 5) is 28.9. The normalized spacial score (nSPS) is 13.7. The molecule has 1 N–H and O–H groups in total. The fourth-order valence-corrected chi connectivity index (χ4v) is 3.54. The van der Waals surface area contributed by atoms with Crippen LogP contribution >= 0.6 is 0 Å². The van der Waals surface area contributed by atoms with Crippen molar-refractivity contribution in [2.24, 2.45) is 0 Å². The number of fused-ring (bicyclic) bond motifs is 1. The SMILES string of the molecule is N#Cc1ccc(CNC(=O)c2ccc(CN3CCOc4nc([N+](=O)[O-])cn4CC3)cc2)cc1. The largest absolute Gasteiger partial charge is 0.444 e. The number of benzene rings is 2. The highest BCUT2D eigenvalue weighted by Gasteiger charge is 2.22. The number of carbonyl (C=O) groups is 1. The highest BCUT2D eigenvalue weighted by Crippen LogP contribution is 2.19. The Bertz CT molecular complexity index is 1180. The molecule has 33 heavy (non-hydrogen) atoms. The minimum atomic E-state index is -0.527. The summed E-state index contributed by atoms with van der Waals surface area (Å²) in [6, 6.07) is 16.9. The van der Waals surface area contributed by atoms with E-state index in [4.69, 9.17) is 10.00 Å². The van der Waals surface area contributed by atoms with Crippen LogP contribution in [0.1, 0.15) is 27.0 Å². The van der Waals surface area contributed by atoms with E-state index < -0.39 is 4.92 Å². The van der Waals surface area contributed by atoms with Crippen LogP contribution in [0.15, 0.2) is 54.7 Å². The van der Waals surface area contributed by atoms with Gasteiger partial charge in [-0.15, -0.1) is 0 Å². The first-order valence-corrected chi connectivity index (χ1v) is 10.4. The maximum absolute atomic E-state index is 12.4. The Morgan fingerprint density at radius 1 is 1.12 bits per heavy atom. The van der Waals surface area contributed by atoms with Crippen molar-refractivity contribution in [1.29, 1.82) is 5.26 Å². The monoisotopic (exact) mass is 446 g/mol. The van der Waals surface area contributed by atoms with Crippen LogP contribution in [0.4, 0.5) is 5.82 Å². The number of hydrogen-bond donors (Lipinski definition) is 1. The number of hydrogen-bond acceptors (Lipinski definition) is 7. The lowest BCUT2D eigenvalue weighted by molar-refractivity contribution is -0.389. The zero-order chi connectivity index (χ0) is 23.2. The fraction of sp³-hybridized carbons (Fsp3) is 0.261. The average molecular weight is 446 g/mol. The zero-order valence-corrected chi connectivity index (χ0v) is 17.8. The van der Waals surface area contributed by atoms with E-state index in [9.17, 15) is 14.9 Å². The first kappa shape index (κ1) is 22.0. The lowest BCUT2D eigenvalue weighted by Gasteiger charge is -2.24. The Morgan fingerprint density at radius 3 is 2.55 bits per heavy atom. The Kier molecular flexibility index (Phi) is 6.61. The summed E-state index contributed by atoms with van der Waals surface area (Å²) >= 11 is 0. The second-order valence-electron chi connectivity index (χ2n) is 7.65. The van der Waals surface area contributed by atoms with Crippen molar-refractivity contribution in [3.63, 3.8) is 0 Å². The molecular formula is C23H22N6O4. The number of carbonyl (C=O) groups excluding carboxylic acids is 1. The summed E-state index contributed by atoms with van der Waals surface area (Å²) in [5.41, 5.74) is 3.12. The molecule has 10 nitrogen and oxygen atoms in total. The first-order chi connectivity index (χ1) is 16.0. The summed E-state index contributed by atoms with van der Waals surface area (Å²) in [6.07, 6.45) is 1.39. The zero-order valence-electron chi connectivity index (χ0n) is 17.8. The molecule has 10 heteroatoms. The Hall–Kier alpha value is -4.23. The number of ether oxygens (including phenoxy) is 1. The molecule has 0 unspecified atom stereocenters. The summed E-state index contributed by atoms with van der Waals surface area (Å²) in [6.45, 7) is 3.32. The molecule has 2 heterocycles. The Balaban J connectivity index is 1.30. The number of nitro groups is 1. The summed E-state index contributed by atoms with van der Waals surface area (Å²) < 4.78 is 7.25. The van der Waals surface area contributed by atoms with Crippen molar-refractivity contribution < 1.29 is 14.5 Å². The van der Waals surface area contributed by atoms with Crippen molar-refractivity contribution in [2.45, 2.75) is 19.6 Å². The van der Waals surface area contributed by atoms with E-state index in [1.807, 2.05) is 24.3 Å². The summed E-state index contributed by atoms with van der Waals surface area (Å²) in [7, 11) is 0. The molecule has 0 atom stereocenters. The average Bonchev–Trinajstić information content (AvgIpc) is 3.22. The lowest BCUT2D eigenvalue weighted by atomic mass is 10.1. The molecule has 2 aromatic carbocycles. The van der Waals surface area contributed by atoms with Crippen LogP contribution in [0, 0.1) is 21.4 Å². The fourth-order valence-electron chi connectivity index (χ4n) is 3.54. The maximum Gasteiger partial charge on any atom is 0.414 e. The lowest BCUT2D eigenvalue weighted by Crippen LogP contribution is -2.33. The molecule has 0 spiro atoms. The molecule has 168 valence electrons. The first-order valence-electron chi connectivity index (χ1n) is 10.4. The van der Waals surface area contributed by atoms with E-state index in [0.717, 1.165) is 11.1 Å². The molecule has 1 amide bonds. The molecule has 1 aliphatic heterocycles. The van der Waals surface area contributed by atoms with Crippen LogP contribution in [0.2, 0.25) is 0 Å². The molecule has 1 aliphatic rings. The highest BCUT2D eigenvalue weighted by atomic mass is 16.6. The van der Waals surface area contributed by atoms with Crippen LogP contribution in [0.3, 0.4) is 0 Å². The van der Waals surface area contributed by atoms with Crippen molar-refractivity contribution >= 4 is 11.7 Å². The van der Waals surface area contributed by atoms with Gasteiger partial charge in [-0.25, -0.2) is 0 Å². The molecule has 1 aromatic heterocycles. The number of amides is 1. The molecule has 3 aromatic rings. The van der Waals surface area contributed by atoms with E-state index in [0.29, 0.717) is 50.5 Å². The van der Waals surface area contributed by atoms with Gasteiger partial charge in [-0.05, 0) is 40.3 Å². The van der Waals surface area contributed by atoms with Gasteiger partial charge in [0, 0.05) is 43.3 Å². The molecule has 0 saturated heterocycles. The smallest absolute Gasteiger partial charge is 0.414 e. The van der Waals surface area contributed by atoms with Gasteiger partial charge in [0.1, 0.15) is 12.8 Å². The van der Waals surface area contributed by atoms with Crippen LogP contribution in [0.25, 0.3) is 0 Å². The number of nitrogens with zero attached hydrogens (tertiary/aromatic N) is 5. The van der Waals surface area contributed by atoms with Gasteiger partial charge in [-0.1, -0.05) is 24.3 Å². The van der Waals surface area contributed by atoms with Crippen LogP contribution in [-0.2, 0) is 19.6 Å². The van der Waals surface area contributed by atoms with Gasteiger partial charge < -0.3 is 20.2 Å². The van der Waals surface area contributed by atoms with Crippen molar-refractivity contribution in [2.75, 3.05) is 19.7 Å². The van der Waals surface area contributed by atoms with Gasteiger partial charge in [0.15, 0.2) is 0 Å². The summed E-state index contributed by atoms with van der Waals surface area (Å²) in [5, 5.41) is 22.7. The van der Waals surface area contributed by atoms with Crippen LogP contribution in [-0.4, -0.2) is 45.0 Å². The molecule has 0 bridgehead atoms. The predicted molar refractivity (Wildman–Crippen MR) is 118 cm³/mol. The van der Waals surface area contributed by atoms with E-state index in [2.05, 4.69) is 21.3 Å². The van der Waals surface area contributed by atoms with Gasteiger partial charge in [-0.3, -0.25) is 14.3 Å². The number of imidazole rings is 1. The van der Waals surface area contributed by atoms with Crippen molar-refractivity contribution in [1.82, 2.24) is 19.8 Å². The van der Waals surface area contributed by atoms with Gasteiger partial charge in [-0.2, -0.15) is 5.26 Å². The molecular weight excluding hydrogens is 424 g/mol. The maximum atomic E-state index is 12.4. The van der Waals surface area contributed by atoms with Crippen molar-refractivity contribution in [3.05, 3.63) is 87.1 Å². The Labute approximate surface area is 190 Å². The van der Waals surface area contributed by atoms with E-state index in [1.165, 1.54) is 6.20 Å². The third-order valence-electron chi connectivity index (χ3n) is 5.37. The minimum Gasteiger partial charge on any atom is -0.444 e. The van der Waals surface area contributed by atoms with Crippen LogP contribution < -0.4 is 10.1 Å². The highest BCUT2D eigenvalue weighted by molar-refractivity contribution is 5.94. The minimum absolute atomic E-state index is 0.167. The van der Waals surface area contributed by atoms with Gasteiger partial charge >= 0.3 is 11.8 Å². The van der Waals surface area contributed by atoms with Gasteiger partial charge in [0.2, 0.25) is 0 Å². The predicted octanol–water partition coefficient (Wildman–Crippen LogP) is 2.49. The third kappa shape index (κ3) is 5.53. The molecule has 0 fully saturated rings. The number of nitrogens with one attached hydrogen (secondary N) is 1. The van der Waals surface area contributed by atoms with Crippen molar-refractivity contribution in [3.8, 4) is 12.1 Å². The molecule has 0 radical (unpaired) electrons. The second-order valence-corrected chi connectivity index (χ2v) is 7.65. The molecule has 0 aliphatic carbocycles. The van der Waals surface area contributed by atoms with E-state index >= 15 is 0 Å². The van der Waals surface area contributed by atoms with E-state index in [-0.39, 0.29) is 17.7 Å². The number of rotatable bonds is 6. The standard InChI is InChI=1S/C23H22N6O4/c24-13-17-1-3-18(4-2-17)14-25-22(30)20-7-5-19(6-8-20)15-27-9-10-28-16-21(29(31)32)26-23(28)33-12-11-27/h1-8,16H,9-12,14-15H2,(H,25,30). The van der Waals surface area contributed by atoms with Gasteiger partial charge in [0.05, 0.1) is 11.6 Å². The quantitative estimate of drug-likeness (QED) is 0.455. The topological polar surface area (TPSA) is 126 Å². The van der Waals surface area contributed by atoms with E-state index in [1.54, 1.807) is 28.8 Å². The molecule has 0 saturated carbocycles. The third-order valence-corrected chi connectivity index (χ3v) is 5.37. The molecule has 4 rings (SSSR count). The number of aromatic nitrogens is 2. The summed E-state index contributed by atoms with van der Waals surface area (Å²) in [5.74, 6) is -0.383. The van der Waals surface area contributed by atoms with Crippen LogP contribution in [0.5, 0.6) is 6.01 Å². The number of nitriles is 1. The van der Waals surface area contributed by atoms with Gasteiger partial charge in [0.25, 0.3) is 5.91 Å². The second kappa shape index (κ2) is 9.93.